The summed E-state index contributed by atoms with van der Waals surface area (Å²) in [5.74, 6) is 0.754. The van der Waals surface area contributed by atoms with E-state index in [1.54, 1.807) is 7.11 Å². The minimum Gasteiger partial charge on any atom is -0.497 e. The van der Waals surface area contributed by atoms with E-state index in [4.69, 9.17) is 9.47 Å². The summed E-state index contributed by atoms with van der Waals surface area (Å²) < 4.78 is 9.99. The molecule has 98 valence electrons. The fourth-order valence-corrected chi connectivity index (χ4v) is 2.05. The fourth-order valence-electron chi connectivity index (χ4n) is 2.05. The van der Waals surface area contributed by atoms with Gasteiger partial charge in [-0.25, -0.2) is 0 Å². The second-order valence-electron chi connectivity index (χ2n) is 4.73. The monoisotopic (exact) mass is 249 g/mol. The largest absolute Gasteiger partial charge is 0.497 e. The third-order valence-corrected chi connectivity index (χ3v) is 3.40. The molecule has 1 N–H and O–H groups in total. The maximum absolute atomic E-state index is 11.6. The molecule has 0 aromatic heterocycles. The van der Waals surface area contributed by atoms with Crippen molar-refractivity contribution in [2.24, 2.45) is 5.41 Å². The summed E-state index contributed by atoms with van der Waals surface area (Å²) in [4.78, 5) is 11.6. The number of carbonyl (C=O) groups is 1. The van der Waals surface area contributed by atoms with Crippen LogP contribution < -0.4 is 10.1 Å². The number of ether oxygens (including phenoxy) is 2. The molecule has 0 spiro atoms. The summed E-state index contributed by atoms with van der Waals surface area (Å²) in [6.07, 6.45) is 1.84. The highest BCUT2D eigenvalue weighted by molar-refractivity contribution is 5.80. The first-order valence-electron chi connectivity index (χ1n) is 6.12. The van der Waals surface area contributed by atoms with Gasteiger partial charge < -0.3 is 14.8 Å². The Labute approximate surface area is 107 Å². The number of hydrogen-bond acceptors (Lipinski definition) is 4. The van der Waals surface area contributed by atoms with Crippen LogP contribution in [0.1, 0.15) is 18.4 Å². The van der Waals surface area contributed by atoms with E-state index in [1.807, 2.05) is 24.3 Å². The van der Waals surface area contributed by atoms with E-state index in [0.717, 1.165) is 30.7 Å². The predicted octanol–water partition coefficient (Wildman–Crippen LogP) is 1.74. The van der Waals surface area contributed by atoms with Crippen LogP contribution in [0.5, 0.6) is 5.75 Å². The first-order chi connectivity index (χ1) is 8.70. The van der Waals surface area contributed by atoms with Gasteiger partial charge in [-0.15, -0.1) is 0 Å². The van der Waals surface area contributed by atoms with Gasteiger partial charge in [-0.05, 0) is 30.5 Å². The Kier molecular flexibility index (Phi) is 3.87. The van der Waals surface area contributed by atoms with E-state index < -0.39 is 0 Å². The SMILES string of the molecule is COC(=O)C1(CNCc2cccc(OC)c2)CC1. The molecule has 0 heterocycles. The van der Waals surface area contributed by atoms with Crippen molar-refractivity contribution in [3.8, 4) is 5.75 Å². The summed E-state index contributed by atoms with van der Waals surface area (Å²) in [5, 5.41) is 3.31. The molecule has 0 bridgehead atoms. The number of nitrogens with one attached hydrogen (secondary N) is 1. The van der Waals surface area contributed by atoms with Gasteiger partial charge in [0.1, 0.15) is 5.75 Å². The zero-order valence-corrected chi connectivity index (χ0v) is 10.9. The minimum absolute atomic E-state index is 0.0966. The molecule has 1 aliphatic rings. The van der Waals surface area contributed by atoms with Crippen molar-refractivity contribution in [3.05, 3.63) is 29.8 Å². The molecule has 0 radical (unpaired) electrons. The van der Waals surface area contributed by atoms with E-state index >= 15 is 0 Å². The molecule has 1 fully saturated rings. The van der Waals surface area contributed by atoms with Crippen molar-refractivity contribution in [3.63, 3.8) is 0 Å². The van der Waals surface area contributed by atoms with Crippen molar-refractivity contribution < 1.29 is 14.3 Å². The summed E-state index contributed by atoms with van der Waals surface area (Å²) in [7, 11) is 3.10. The average Bonchev–Trinajstić information content (AvgIpc) is 3.19. The number of esters is 1. The second kappa shape index (κ2) is 5.40. The van der Waals surface area contributed by atoms with Crippen LogP contribution in [0.2, 0.25) is 0 Å². The number of hydrogen-bond donors (Lipinski definition) is 1. The highest BCUT2D eigenvalue weighted by atomic mass is 16.5. The van der Waals surface area contributed by atoms with Gasteiger partial charge in [0.25, 0.3) is 0 Å². The molecule has 4 nitrogen and oxygen atoms in total. The van der Waals surface area contributed by atoms with Crippen LogP contribution in [0.3, 0.4) is 0 Å². The molecule has 0 saturated heterocycles. The summed E-state index contributed by atoms with van der Waals surface area (Å²) in [5.41, 5.74) is 0.878. The summed E-state index contributed by atoms with van der Waals surface area (Å²) >= 11 is 0. The Morgan fingerprint density at radius 1 is 1.39 bits per heavy atom. The van der Waals surface area contributed by atoms with Crippen LogP contribution in [0.25, 0.3) is 0 Å². The van der Waals surface area contributed by atoms with Crippen molar-refractivity contribution >= 4 is 5.97 Å². The maximum atomic E-state index is 11.6. The number of benzene rings is 1. The van der Waals surface area contributed by atoms with Crippen LogP contribution in [-0.2, 0) is 16.1 Å². The summed E-state index contributed by atoms with van der Waals surface area (Å²) in [6, 6.07) is 7.90. The van der Waals surface area contributed by atoms with Gasteiger partial charge in [0.2, 0.25) is 0 Å². The van der Waals surface area contributed by atoms with Crippen molar-refractivity contribution in [1.29, 1.82) is 0 Å². The molecule has 1 aliphatic carbocycles. The number of carbonyl (C=O) groups excluding carboxylic acids is 1. The van der Waals surface area contributed by atoms with Gasteiger partial charge in [0, 0.05) is 13.1 Å². The normalized spacial score (nSPS) is 16.1. The van der Waals surface area contributed by atoms with E-state index in [0.29, 0.717) is 6.54 Å². The Morgan fingerprint density at radius 2 is 2.17 bits per heavy atom. The lowest BCUT2D eigenvalue weighted by Crippen LogP contribution is -2.30. The molecule has 0 atom stereocenters. The van der Waals surface area contributed by atoms with Crippen LogP contribution in [0, 0.1) is 5.41 Å². The lowest BCUT2D eigenvalue weighted by Gasteiger charge is -2.13. The standard InChI is InChI=1S/C14H19NO3/c1-17-12-5-3-4-11(8-12)9-15-10-14(6-7-14)13(16)18-2/h3-5,8,15H,6-7,9-10H2,1-2H3. The van der Waals surface area contributed by atoms with E-state index in [2.05, 4.69) is 5.32 Å². The molecular weight excluding hydrogens is 230 g/mol. The Balaban J connectivity index is 1.83. The van der Waals surface area contributed by atoms with Crippen molar-refractivity contribution in [2.45, 2.75) is 19.4 Å². The molecule has 1 aromatic carbocycles. The second-order valence-corrected chi connectivity index (χ2v) is 4.73. The minimum atomic E-state index is -0.270. The molecular formula is C14H19NO3. The first-order valence-corrected chi connectivity index (χ1v) is 6.12. The molecule has 2 rings (SSSR count). The Bertz CT molecular complexity index is 427. The number of rotatable bonds is 6. The zero-order valence-electron chi connectivity index (χ0n) is 10.9. The van der Waals surface area contributed by atoms with E-state index in [9.17, 15) is 4.79 Å². The topological polar surface area (TPSA) is 47.6 Å². The quantitative estimate of drug-likeness (QED) is 0.780. The zero-order chi connectivity index (χ0) is 13.0. The van der Waals surface area contributed by atoms with E-state index in [-0.39, 0.29) is 11.4 Å². The molecule has 1 aromatic rings. The van der Waals surface area contributed by atoms with Gasteiger partial charge in [0.05, 0.1) is 19.6 Å². The van der Waals surface area contributed by atoms with Crippen LogP contribution in [-0.4, -0.2) is 26.7 Å². The third kappa shape index (κ3) is 2.82. The molecule has 0 aliphatic heterocycles. The lowest BCUT2D eigenvalue weighted by atomic mass is 10.1. The van der Waals surface area contributed by atoms with Gasteiger partial charge >= 0.3 is 5.97 Å². The van der Waals surface area contributed by atoms with Crippen LogP contribution >= 0.6 is 0 Å². The molecule has 0 amide bonds. The Morgan fingerprint density at radius 3 is 2.78 bits per heavy atom. The smallest absolute Gasteiger partial charge is 0.313 e. The maximum Gasteiger partial charge on any atom is 0.313 e. The van der Waals surface area contributed by atoms with Gasteiger partial charge in [-0.1, -0.05) is 12.1 Å². The van der Waals surface area contributed by atoms with Crippen LogP contribution in [0.4, 0.5) is 0 Å². The third-order valence-electron chi connectivity index (χ3n) is 3.40. The lowest BCUT2D eigenvalue weighted by molar-refractivity contribution is -0.146. The highest BCUT2D eigenvalue weighted by Crippen LogP contribution is 2.46. The highest BCUT2D eigenvalue weighted by Gasteiger charge is 2.50. The van der Waals surface area contributed by atoms with Crippen molar-refractivity contribution in [2.75, 3.05) is 20.8 Å². The molecule has 1 saturated carbocycles. The van der Waals surface area contributed by atoms with Gasteiger partial charge in [0.15, 0.2) is 0 Å². The first kappa shape index (κ1) is 12.9. The average molecular weight is 249 g/mol. The van der Waals surface area contributed by atoms with Crippen molar-refractivity contribution in [1.82, 2.24) is 5.32 Å². The van der Waals surface area contributed by atoms with Gasteiger partial charge in [-0.2, -0.15) is 0 Å². The summed E-state index contributed by atoms with van der Waals surface area (Å²) in [6.45, 7) is 1.41. The Hall–Kier alpha value is -1.55. The van der Waals surface area contributed by atoms with E-state index in [1.165, 1.54) is 7.11 Å². The molecule has 4 heteroatoms. The number of methoxy groups -OCH3 is 2. The van der Waals surface area contributed by atoms with Gasteiger partial charge in [-0.3, -0.25) is 4.79 Å². The molecule has 18 heavy (non-hydrogen) atoms. The molecule has 0 unspecified atom stereocenters. The van der Waals surface area contributed by atoms with Crippen LogP contribution in [0.15, 0.2) is 24.3 Å². The predicted molar refractivity (Wildman–Crippen MR) is 68.4 cm³/mol. The fraction of sp³-hybridized carbons (Fsp3) is 0.500.